The predicted molar refractivity (Wildman–Crippen MR) is 69.9 cm³/mol. The number of anilines is 1. The first-order valence-electron chi connectivity index (χ1n) is 6.15. The average Bonchev–Trinajstić information content (AvgIpc) is 2.30. The van der Waals surface area contributed by atoms with Gasteiger partial charge in [0.1, 0.15) is 5.82 Å². The van der Waals surface area contributed by atoms with Crippen LogP contribution in [0.4, 0.5) is 5.82 Å². The summed E-state index contributed by atoms with van der Waals surface area (Å²) in [5.74, 6) is 0.971. The molecule has 0 spiro atoms. The van der Waals surface area contributed by atoms with Crippen LogP contribution in [0.3, 0.4) is 0 Å². The first-order valence-corrected chi connectivity index (χ1v) is 6.15. The average molecular weight is 221 g/mol. The zero-order valence-electron chi connectivity index (χ0n) is 10.7. The summed E-state index contributed by atoms with van der Waals surface area (Å²) >= 11 is 0. The third-order valence-electron chi connectivity index (χ3n) is 2.63. The van der Waals surface area contributed by atoms with E-state index in [1.165, 1.54) is 18.5 Å². The molecule has 1 rings (SSSR count). The van der Waals surface area contributed by atoms with E-state index in [2.05, 4.69) is 42.0 Å². The summed E-state index contributed by atoms with van der Waals surface area (Å²) in [5.41, 5.74) is 1.20. The summed E-state index contributed by atoms with van der Waals surface area (Å²) in [6.45, 7) is 10.8. The summed E-state index contributed by atoms with van der Waals surface area (Å²) in [6, 6.07) is 4.12. The summed E-state index contributed by atoms with van der Waals surface area (Å²) in [6.07, 6.45) is 3.11. The van der Waals surface area contributed by atoms with Crippen LogP contribution in [0.1, 0.15) is 25.8 Å². The van der Waals surface area contributed by atoms with E-state index < -0.39 is 0 Å². The van der Waals surface area contributed by atoms with Crippen molar-refractivity contribution in [2.45, 2.75) is 27.2 Å². The Labute approximate surface area is 98.9 Å². The van der Waals surface area contributed by atoms with Crippen LogP contribution in [-0.4, -0.2) is 36.1 Å². The number of nitrogens with zero attached hydrogens (tertiary/aromatic N) is 2. The van der Waals surface area contributed by atoms with Gasteiger partial charge in [-0.05, 0) is 38.1 Å². The fraction of sp³-hybridized carbons (Fsp3) is 0.615. The normalized spacial score (nSPS) is 10.8. The molecule has 0 saturated heterocycles. The van der Waals surface area contributed by atoms with Crippen molar-refractivity contribution < 1.29 is 0 Å². The molecule has 1 N–H and O–H groups in total. The summed E-state index contributed by atoms with van der Waals surface area (Å²) in [7, 11) is 0. The van der Waals surface area contributed by atoms with Crippen molar-refractivity contribution in [3.05, 3.63) is 23.9 Å². The highest BCUT2D eigenvalue weighted by atomic mass is 15.1. The van der Waals surface area contributed by atoms with Crippen molar-refractivity contribution in [1.82, 2.24) is 9.88 Å². The van der Waals surface area contributed by atoms with Gasteiger partial charge in [-0.1, -0.05) is 19.9 Å². The molecule has 1 heterocycles. The molecule has 1 aromatic heterocycles. The maximum Gasteiger partial charge on any atom is 0.125 e. The predicted octanol–water partition coefficient (Wildman–Crippen LogP) is 2.53. The van der Waals surface area contributed by atoms with Crippen LogP contribution in [0.2, 0.25) is 0 Å². The van der Waals surface area contributed by atoms with Crippen molar-refractivity contribution in [3.63, 3.8) is 0 Å². The maximum atomic E-state index is 4.32. The molecule has 0 amide bonds. The summed E-state index contributed by atoms with van der Waals surface area (Å²) < 4.78 is 0. The van der Waals surface area contributed by atoms with E-state index in [-0.39, 0.29) is 0 Å². The molecule has 0 unspecified atom stereocenters. The Kier molecular flexibility index (Phi) is 5.86. The van der Waals surface area contributed by atoms with Gasteiger partial charge in [0, 0.05) is 19.3 Å². The van der Waals surface area contributed by atoms with Gasteiger partial charge in [0.25, 0.3) is 0 Å². The molecule has 16 heavy (non-hydrogen) atoms. The molecule has 0 atom stereocenters. The lowest BCUT2D eigenvalue weighted by Gasteiger charge is -2.19. The van der Waals surface area contributed by atoms with Crippen LogP contribution in [0.15, 0.2) is 18.3 Å². The van der Waals surface area contributed by atoms with Crippen LogP contribution in [-0.2, 0) is 0 Å². The monoisotopic (exact) mass is 221 g/mol. The largest absolute Gasteiger partial charge is 0.369 e. The van der Waals surface area contributed by atoms with E-state index in [1.54, 1.807) is 0 Å². The number of hydrogen-bond acceptors (Lipinski definition) is 3. The van der Waals surface area contributed by atoms with Gasteiger partial charge in [0.05, 0.1) is 0 Å². The molecular weight excluding hydrogens is 198 g/mol. The maximum absolute atomic E-state index is 4.32. The lowest BCUT2D eigenvalue weighted by molar-refractivity contribution is 0.300. The van der Waals surface area contributed by atoms with Gasteiger partial charge in [0.15, 0.2) is 0 Å². The molecule has 0 aliphatic rings. The molecule has 3 heteroatoms. The first kappa shape index (κ1) is 13.0. The molecule has 0 saturated carbocycles. The van der Waals surface area contributed by atoms with Gasteiger partial charge in [-0.3, -0.25) is 0 Å². The highest BCUT2D eigenvalue weighted by Crippen LogP contribution is 2.03. The van der Waals surface area contributed by atoms with E-state index >= 15 is 0 Å². The van der Waals surface area contributed by atoms with Gasteiger partial charge < -0.3 is 10.2 Å². The Morgan fingerprint density at radius 3 is 2.62 bits per heavy atom. The Morgan fingerprint density at radius 1 is 1.25 bits per heavy atom. The topological polar surface area (TPSA) is 28.2 Å². The van der Waals surface area contributed by atoms with Crippen LogP contribution in [0.5, 0.6) is 0 Å². The zero-order chi connectivity index (χ0) is 11.8. The second-order valence-electron chi connectivity index (χ2n) is 4.08. The lowest BCUT2D eigenvalue weighted by Crippen LogP contribution is -2.29. The second-order valence-corrected chi connectivity index (χ2v) is 4.08. The van der Waals surface area contributed by atoms with Crippen LogP contribution in [0, 0.1) is 6.92 Å². The van der Waals surface area contributed by atoms with Crippen LogP contribution in [0.25, 0.3) is 0 Å². The van der Waals surface area contributed by atoms with Gasteiger partial charge in [-0.15, -0.1) is 0 Å². The van der Waals surface area contributed by atoms with E-state index in [9.17, 15) is 0 Å². The van der Waals surface area contributed by atoms with Crippen LogP contribution < -0.4 is 5.32 Å². The molecule has 0 aliphatic heterocycles. The first-order chi connectivity index (χ1) is 7.76. The molecule has 0 radical (unpaired) electrons. The third kappa shape index (κ3) is 4.62. The smallest absolute Gasteiger partial charge is 0.125 e. The summed E-state index contributed by atoms with van der Waals surface area (Å²) in [5, 5.41) is 3.34. The minimum atomic E-state index is 0.962. The van der Waals surface area contributed by atoms with E-state index in [4.69, 9.17) is 0 Å². The molecule has 0 aromatic carbocycles. The van der Waals surface area contributed by atoms with Gasteiger partial charge in [-0.2, -0.15) is 0 Å². The van der Waals surface area contributed by atoms with Crippen molar-refractivity contribution >= 4 is 5.82 Å². The van der Waals surface area contributed by atoms with E-state index in [0.717, 1.165) is 25.5 Å². The van der Waals surface area contributed by atoms with Gasteiger partial charge in [-0.25, -0.2) is 4.98 Å². The molecule has 0 fully saturated rings. The number of likely N-dealkylation sites (N-methyl/N-ethyl adjacent to an activating group) is 1. The SMILES string of the molecule is CCCN(CC)CCNc1ccc(C)cn1. The Morgan fingerprint density at radius 2 is 2.06 bits per heavy atom. The standard InChI is InChI=1S/C13H23N3/c1-4-9-16(5-2)10-8-14-13-7-6-12(3)11-15-13/h6-7,11H,4-5,8-10H2,1-3H3,(H,14,15). The third-order valence-corrected chi connectivity index (χ3v) is 2.63. The van der Waals surface area contributed by atoms with Crippen molar-refractivity contribution in [1.29, 1.82) is 0 Å². The number of nitrogens with one attached hydrogen (secondary N) is 1. The molecule has 1 aromatic rings. The Balaban J connectivity index is 2.26. The molecule has 3 nitrogen and oxygen atoms in total. The van der Waals surface area contributed by atoms with Gasteiger partial charge in [0.2, 0.25) is 0 Å². The van der Waals surface area contributed by atoms with E-state index in [0.29, 0.717) is 0 Å². The summed E-state index contributed by atoms with van der Waals surface area (Å²) in [4.78, 5) is 6.76. The minimum absolute atomic E-state index is 0.962. The van der Waals surface area contributed by atoms with Crippen molar-refractivity contribution in [2.24, 2.45) is 0 Å². The number of rotatable bonds is 7. The van der Waals surface area contributed by atoms with Crippen LogP contribution >= 0.6 is 0 Å². The molecule has 0 bridgehead atoms. The number of aryl methyl sites for hydroxylation is 1. The molecule has 90 valence electrons. The lowest BCUT2D eigenvalue weighted by atomic mass is 10.3. The van der Waals surface area contributed by atoms with E-state index in [1.807, 2.05) is 12.3 Å². The second kappa shape index (κ2) is 7.23. The van der Waals surface area contributed by atoms with Crippen molar-refractivity contribution in [2.75, 3.05) is 31.5 Å². The van der Waals surface area contributed by atoms with Crippen molar-refractivity contribution in [3.8, 4) is 0 Å². The Bertz CT molecular complexity index is 282. The highest BCUT2D eigenvalue weighted by Gasteiger charge is 2.00. The fourth-order valence-electron chi connectivity index (χ4n) is 1.66. The van der Waals surface area contributed by atoms with Gasteiger partial charge >= 0.3 is 0 Å². The number of hydrogen-bond donors (Lipinski definition) is 1. The Hall–Kier alpha value is -1.09. The zero-order valence-corrected chi connectivity index (χ0v) is 10.7. The number of pyridine rings is 1. The minimum Gasteiger partial charge on any atom is -0.369 e. The highest BCUT2D eigenvalue weighted by molar-refractivity contribution is 5.34. The molecule has 0 aliphatic carbocycles. The number of aromatic nitrogens is 1. The molecular formula is C13H23N3. The fourth-order valence-corrected chi connectivity index (χ4v) is 1.66. The quantitative estimate of drug-likeness (QED) is 0.767.